The van der Waals surface area contributed by atoms with Gasteiger partial charge in [0.1, 0.15) is 0 Å². The highest BCUT2D eigenvalue weighted by atomic mass is 16.5. The Bertz CT molecular complexity index is 757. The second-order valence-electron chi connectivity index (χ2n) is 17.9. The molecule has 2 fully saturated rings. The molecule has 0 aromatic carbocycles. The highest BCUT2D eigenvalue weighted by molar-refractivity contribution is 5.76. The van der Waals surface area contributed by atoms with E-state index in [4.69, 9.17) is 4.74 Å². The topological polar surface area (TPSA) is 32.8 Å². The van der Waals surface area contributed by atoms with Gasteiger partial charge in [-0.15, -0.1) is 0 Å². The highest BCUT2D eigenvalue weighted by Gasteiger charge is 2.39. The fraction of sp³-hybridized carbons (Fsp3) is 0.973. The maximum atomic E-state index is 12.8. The van der Waals surface area contributed by atoms with Crippen LogP contribution in [0.25, 0.3) is 0 Å². The third-order valence-corrected chi connectivity index (χ3v) is 11.4. The number of piperidine rings is 2. The number of unbranched alkanes of at least 4 members (excludes halogenated alkanes) is 1. The van der Waals surface area contributed by atoms with E-state index in [2.05, 4.69) is 86.0 Å². The third kappa shape index (κ3) is 12.9. The lowest BCUT2D eigenvalue weighted by Gasteiger charge is -2.48. The molecule has 41 heavy (non-hydrogen) atoms. The van der Waals surface area contributed by atoms with Gasteiger partial charge in [-0.1, -0.05) is 82.6 Å². The van der Waals surface area contributed by atoms with Gasteiger partial charge in [0.25, 0.3) is 0 Å². The van der Waals surface area contributed by atoms with Crippen LogP contribution < -0.4 is 0 Å². The van der Waals surface area contributed by atoms with Crippen molar-refractivity contribution in [2.75, 3.05) is 45.9 Å². The minimum Gasteiger partial charge on any atom is -0.380 e. The van der Waals surface area contributed by atoms with E-state index >= 15 is 0 Å². The highest BCUT2D eigenvalue weighted by Crippen LogP contribution is 2.46. The van der Waals surface area contributed by atoms with Gasteiger partial charge in [-0.3, -0.25) is 4.79 Å². The van der Waals surface area contributed by atoms with Gasteiger partial charge in [-0.25, -0.2) is 0 Å². The molecule has 0 aromatic rings. The normalized spacial score (nSPS) is 20.0. The summed E-state index contributed by atoms with van der Waals surface area (Å²) in [5.41, 5.74) is 1.92. The summed E-state index contributed by atoms with van der Waals surface area (Å²) in [6.45, 7) is 33.6. The summed E-state index contributed by atoms with van der Waals surface area (Å²) in [6.07, 6.45) is 14.0. The molecule has 0 aliphatic carbocycles. The summed E-state index contributed by atoms with van der Waals surface area (Å²) in [6, 6.07) is 0. The number of carbonyl (C=O) groups is 1. The fourth-order valence-corrected chi connectivity index (χ4v) is 6.96. The van der Waals surface area contributed by atoms with Gasteiger partial charge in [-0.05, 0) is 110 Å². The molecule has 2 saturated heterocycles. The Labute approximate surface area is 257 Å². The summed E-state index contributed by atoms with van der Waals surface area (Å²) in [7, 11) is 0. The van der Waals surface area contributed by atoms with Crippen LogP contribution in [0.5, 0.6) is 0 Å². The number of carbonyl (C=O) groups excluding carboxylic acids is 1. The zero-order valence-electron chi connectivity index (χ0n) is 29.7. The number of nitrogens with zero attached hydrogens (tertiary/aromatic N) is 2. The molecule has 242 valence electrons. The van der Waals surface area contributed by atoms with Crippen LogP contribution in [0.1, 0.15) is 153 Å². The molecule has 2 rings (SSSR count). The van der Waals surface area contributed by atoms with Crippen LogP contribution in [0.4, 0.5) is 0 Å². The number of amides is 1. The molecule has 2 aliphatic rings. The SMILES string of the molecule is CC(C)(C)CCCCC(=O)N1CCC(C(C)(C)CCC(C)(C)CCCOCCN2CCC(C)(C(C)(C)C)CC2)CC1. The molecule has 0 radical (unpaired) electrons. The standard InChI is InChI=1S/C37H72N2O2/c1-33(2,3)18-13-12-15-32(40)39-24-16-31(17-25-39)36(9,10)21-20-35(7,8)19-14-29-41-30-28-38-26-22-37(11,23-27-38)34(4,5)6/h31H,12-30H2,1-11H3. The van der Waals surface area contributed by atoms with Gasteiger partial charge in [0.2, 0.25) is 5.91 Å². The van der Waals surface area contributed by atoms with Crippen molar-refractivity contribution in [2.24, 2.45) is 33.0 Å². The van der Waals surface area contributed by atoms with Gasteiger partial charge in [0.15, 0.2) is 0 Å². The molecule has 4 heteroatoms. The monoisotopic (exact) mass is 577 g/mol. The molecule has 4 nitrogen and oxygen atoms in total. The van der Waals surface area contributed by atoms with Gasteiger partial charge in [0, 0.05) is 32.7 Å². The van der Waals surface area contributed by atoms with Crippen molar-refractivity contribution in [1.82, 2.24) is 9.80 Å². The second kappa shape index (κ2) is 15.4. The van der Waals surface area contributed by atoms with Crippen LogP contribution in [0.15, 0.2) is 0 Å². The van der Waals surface area contributed by atoms with Crippen LogP contribution in [-0.4, -0.2) is 61.6 Å². The molecule has 1 amide bonds. The number of ether oxygens (including phenoxy) is 1. The quantitative estimate of drug-likeness (QED) is 0.182. The van der Waals surface area contributed by atoms with Gasteiger partial charge < -0.3 is 14.5 Å². The Hall–Kier alpha value is -0.610. The van der Waals surface area contributed by atoms with Gasteiger partial charge >= 0.3 is 0 Å². The van der Waals surface area contributed by atoms with E-state index in [1.165, 1.54) is 64.5 Å². The van der Waals surface area contributed by atoms with Crippen LogP contribution in [-0.2, 0) is 9.53 Å². The van der Waals surface area contributed by atoms with Gasteiger partial charge in [0.05, 0.1) is 6.61 Å². The maximum absolute atomic E-state index is 12.8. The van der Waals surface area contributed by atoms with E-state index < -0.39 is 0 Å². The van der Waals surface area contributed by atoms with Crippen LogP contribution in [0.2, 0.25) is 0 Å². The number of hydrogen-bond donors (Lipinski definition) is 0. The first-order chi connectivity index (χ1) is 18.8. The van der Waals surface area contributed by atoms with Crippen molar-refractivity contribution in [1.29, 1.82) is 0 Å². The van der Waals surface area contributed by atoms with Gasteiger partial charge in [-0.2, -0.15) is 0 Å². The predicted molar refractivity (Wildman–Crippen MR) is 177 cm³/mol. The minimum atomic E-state index is 0.340. The van der Waals surface area contributed by atoms with Crippen molar-refractivity contribution in [3.8, 4) is 0 Å². The van der Waals surface area contributed by atoms with Crippen molar-refractivity contribution in [2.45, 2.75) is 153 Å². The summed E-state index contributed by atoms with van der Waals surface area (Å²) >= 11 is 0. The van der Waals surface area contributed by atoms with Crippen molar-refractivity contribution < 1.29 is 9.53 Å². The lowest BCUT2D eigenvalue weighted by Crippen LogP contribution is -2.45. The third-order valence-electron chi connectivity index (χ3n) is 11.4. The number of hydrogen-bond acceptors (Lipinski definition) is 3. The largest absolute Gasteiger partial charge is 0.380 e. The van der Waals surface area contributed by atoms with Crippen LogP contribution >= 0.6 is 0 Å². The van der Waals surface area contributed by atoms with E-state index in [0.29, 0.717) is 33.0 Å². The first kappa shape index (κ1) is 36.6. The molecule has 0 aromatic heterocycles. The molecule has 0 atom stereocenters. The lowest BCUT2D eigenvalue weighted by atomic mass is 9.63. The average molecular weight is 577 g/mol. The van der Waals surface area contributed by atoms with E-state index in [-0.39, 0.29) is 0 Å². The molecule has 0 N–H and O–H groups in total. The first-order valence-electron chi connectivity index (χ1n) is 17.4. The molecule has 0 bridgehead atoms. The fourth-order valence-electron chi connectivity index (χ4n) is 6.96. The second-order valence-corrected chi connectivity index (χ2v) is 17.9. The summed E-state index contributed by atoms with van der Waals surface area (Å²) in [5.74, 6) is 1.11. The van der Waals surface area contributed by atoms with Crippen LogP contribution in [0, 0.1) is 33.0 Å². The lowest BCUT2D eigenvalue weighted by molar-refractivity contribution is -0.133. The summed E-state index contributed by atoms with van der Waals surface area (Å²) in [4.78, 5) is 17.5. The number of rotatable bonds is 15. The predicted octanol–water partition coefficient (Wildman–Crippen LogP) is 9.61. The summed E-state index contributed by atoms with van der Waals surface area (Å²) < 4.78 is 6.09. The Morgan fingerprint density at radius 2 is 1.37 bits per heavy atom. The van der Waals surface area contributed by atoms with Crippen LogP contribution in [0.3, 0.4) is 0 Å². The molecule has 2 aliphatic heterocycles. The van der Waals surface area contributed by atoms with Crippen molar-refractivity contribution in [3.05, 3.63) is 0 Å². The molecule has 0 saturated carbocycles. The Morgan fingerprint density at radius 3 is 1.93 bits per heavy atom. The molecule has 0 unspecified atom stereocenters. The first-order valence-corrected chi connectivity index (χ1v) is 17.4. The molecule has 2 heterocycles. The minimum absolute atomic E-state index is 0.340. The average Bonchev–Trinajstić information content (AvgIpc) is 2.87. The smallest absolute Gasteiger partial charge is 0.222 e. The van der Waals surface area contributed by atoms with E-state index in [1.807, 2.05) is 0 Å². The van der Waals surface area contributed by atoms with E-state index in [1.54, 1.807) is 0 Å². The Morgan fingerprint density at radius 1 is 0.756 bits per heavy atom. The van der Waals surface area contributed by atoms with E-state index in [0.717, 1.165) is 64.4 Å². The Balaban J connectivity index is 1.58. The zero-order chi connectivity index (χ0) is 31.0. The molecule has 0 spiro atoms. The summed E-state index contributed by atoms with van der Waals surface area (Å²) in [5, 5.41) is 0. The maximum Gasteiger partial charge on any atom is 0.222 e. The van der Waals surface area contributed by atoms with Crippen molar-refractivity contribution in [3.63, 3.8) is 0 Å². The Kier molecular flexibility index (Phi) is 13.7. The molecular weight excluding hydrogens is 504 g/mol. The molecular formula is C37H72N2O2. The van der Waals surface area contributed by atoms with E-state index in [9.17, 15) is 4.79 Å². The van der Waals surface area contributed by atoms with Crippen molar-refractivity contribution >= 4 is 5.91 Å². The number of likely N-dealkylation sites (tertiary alicyclic amines) is 2. The zero-order valence-corrected chi connectivity index (χ0v) is 29.7.